The van der Waals surface area contributed by atoms with Crippen molar-refractivity contribution in [3.8, 4) is 5.75 Å². The first-order valence-electron chi connectivity index (χ1n) is 7.91. The number of benzene rings is 1. The summed E-state index contributed by atoms with van der Waals surface area (Å²) in [6.45, 7) is 6.18. The van der Waals surface area contributed by atoms with Crippen LogP contribution in [0.5, 0.6) is 5.75 Å². The highest BCUT2D eigenvalue weighted by atomic mass is 16.5. The van der Waals surface area contributed by atoms with Gasteiger partial charge < -0.3 is 20.7 Å². The average Bonchev–Trinajstić information content (AvgIpc) is 2.57. The van der Waals surface area contributed by atoms with Crippen LogP contribution >= 0.6 is 0 Å². The zero-order chi connectivity index (χ0) is 17.4. The zero-order valence-electron chi connectivity index (χ0n) is 14.3. The summed E-state index contributed by atoms with van der Waals surface area (Å²) in [4.78, 5) is 26.0. The van der Waals surface area contributed by atoms with Crippen LogP contribution in [-0.2, 0) is 9.59 Å². The summed E-state index contributed by atoms with van der Waals surface area (Å²) in [6.07, 6.45) is 0.820. The third-order valence-corrected chi connectivity index (χ3v) is 3.92. The number of likely N-dealkylation sites (N-methyl/N-ethyl adjacent to an activating group) is 1. The Balaban J connectivity index is 2.67. The summed E-state index contributed by atoms with van der Waals surface area (Å²) < 4.78 is 5.11. The van der Waals surface area contributed by atoms with Crippen molar-refractivity contribution < 1.29 is 14.3 Å². The van der Waals surface area contributed by atoms with E-state index in [0.29, 0.717) is 18.0 Å². The summed E-state index contributed by atoms with van der Waals surface area (Å²) in [6, 6.07) is 6.49. The number of methoxy groups -OCH3 is 1. The van der Waals surface area contributed by atoms with E-state index in [2.05, 4.69) is 5.32 Å². The van der Waals surface area contributed by atoms with E-state index in [1.165, 1.54) is 4.90 Å². The van der Waals surface area contributed by atoms with Crippen LogP contribution < -0.4 is 15.8 Å². The molecule has 0 aliphatic carbocycles. The van der Waals surface area contributed by atoms with Crippen LogP contribution in [0.1, 0.15) is 27.2 Å². The molecule has 1 aromatic rings. The lowest BCUT2D eigenvalue weighted by molar-refractivity contribution is -0.136. The van der Waals surface area contributed by atoms with E-state index in [1.807, 2.05) is 20.8 Å². The van der Waals surface area contributed by atoms with Crippen LogP contribution in [0.15, 0.2) is 24.3 Å². The molecule has 0 bridgehead atoms. The Bertz CT molecular complexity index is 534. The van der Waals surface area contributed by atoms with Gasteiger partial charge in [-0.25, -0.2) is 0 Å². The van der Waals surface area contributed by atoms with E-state index in [4.69, 9.17) is 10.5 Å². The topological polar surface area (TPSA) is 84.7 Å². The summed E-state index contributed by atoms with van der Waals surface area (Å²) >= 11 is 0. The molecular formula is C17H27N3O3. The van der Waals surface area contributed by atoms with E-state index >= 15 is 0 Å². The van der Waals surface area contributed by atoms with Crippen molar-refractivity contribution >= 4 is 17.5 Å². The summed E-state index contributed by atoms with van der Waals surface area (Å²) in [5.74, 6) is 0.287. The number of hydrogen-bond donors (Lipinski definition) is 2. The quantitative estimate of drug-likeness (QED) is 0.765. The molecule has 2 atom stereocenters. The summed E-state index contributed by atoms with van der Waals surface area (Å²) in [7, 11) is 1.56. The molecule has 0 spiro atoms. The van der Waals surface area contributed by atoms with Gasteiger partial charge in [0, 0.05) is 18.3 Å². The van der Waals surface area contributed by atoms with Gasteiger partial charge in [0.05, 0.1) is 19.7 Å². The SMILES string of the molecule is CCC(C)C(N)C(=O)N(CC)CC(=O)Nc1cccc(OC)c1. The van der Waals surface area contributed by atoms with Crippen molar-refractivity contribution in [2.75, 3.05) is 25.5 Å². The highest BCUT2D eigenvalue weighted by Crippen LogP contribution is 2.16. The normalized spacial score (nSPS) is 13.1. The van der Waals surface area contributed by atoms with Crippen molar-refractivity contribution in [1.82, 2.24) is 4.90 Å². The molecule has 2 unspecified atom stereocenters. The fourth-order valence-corrected chi connectivity index (χ4v) is 2.13. The number of anilines is 1. The number of carbonyl (C=O) groups excluding carboxylic acids is 2. The fraction of sp³-hybridized carbons (Fsp3) is 0.529. The minimum absolute atomic E-state index is 0.0172. The van der Waals surface area contributed by atoms with Gasteiger partial charge in [0.2, 0.25) is 11.8 Å². The Kier molecular flexibility index (Phi) is 7.54. The van der Waals surface area contributed by atoms with Crippen LogP contribution in [0.3, 0.4) is 0 Å². The van der Waals surface area contributed by atoms with Crippen molar-refractivity contribution in [3.63, 3.8) is 0 Å². The second-order valence-electron chi connectivity index (χ2n) is 5.54. The molecule has 0 heterocycles. The van der Waals surface area contributed by atoms with Gasteiger partial charge in [-0.05, 0) is 25.0 Å². The smallest absolute Gasteiger partial charge is 0.243 e. The first-order valence-corrected chi connectivity index (χ1v) is 7.91. The van der Waals surface area contributed by atoms with Crippen molar-refractivity contribution in [1.29, 1.82) is 0 Å². The molecule has 23 heavy (non-hydrogen) atoms. The lowest BCUT2D eigenvalue weighted by Crippen LogP contribution is -2.49. The first-order chi connectivity index (χ1) is 10.9. The second kappa shape index (κ2) is 9.15. The molecule has 1 rings (SSSR count). The molecule has 0 aliphatic heterocycles. The van der Waals surface area contributed by atoms with Crippen LogP contribution in [0.25, 0.3) is 0 Å². The predicted octanol–water partition coefficient (Wildman–Crippen LogP) is 1.86. The average molecular weight is 321 g/mol. The Hall–Kier alpha value is -2.08. The number of carbonyl (C=O) groups is 2. The predicted molar refractivity (Wildman–Crippen MR) is 91.3 cm³/mol. The van der Waals surface area contributed by atoms with Crippen molar-refractivity contribution in [3.05, 3.63) is 24.3 Å². The number of nitrogens with two attached hydrogens (primary N) is 1. The van der Waals surface area contributed by atoms with E-state index in [1.54, 1.807) is 31.4 Å². The molecule has 1 aromatic carbocycles. The maximum absolute atomic E-state index is 12.4. The largest absolute Gasteiger partial charge is 0.497 e. The molecule has 2 amide bonds. The number of rotatable bonds is 8. The Morgan fingerprint density at radius 2 is 2.04 bits per heavy atom. The number of ether oxygens (including phenoxy) is 1. The number of nitrogens with one attached hydrogen (secondary N) is 1. The molecule has 0 radical (unpaired) electrons. The summed E-state index contributed by atoms with van der Waals surface area (Å²) in [5, 5.41) is 2.76. The van der Waals surface area contributed by atoms with E-state index in [0.717, 1.165) is 6.42 Å². The minimum Gasteiger partial charge on any atom is -0.497 e. The van der Waals surface area contributed by atoms with Crippen LogP contribution in [0.4, 0.5) is 5.69 Å². The van der Waals surface area contributed by atoms with Crippen LogP contribution in [-0.4, -0.2) is 43.0 Å². The number of nitrogens with zero attached hydrogens (tertiary/aromatic N) is 1. The first kappa shape index (κ1) is 19.0. The van der Waals surface area contributed by atoms with Gasteiger partial charge in [-0.2, -0.15) is 0 Å². The highest BCUT2D eigenvalue weighted by molar-refractivity contribution is 5.95. The monoisotopic (exact) mass is 321 g/mol. The standard InChI is InChI=1S/C17H27N3O3/c1-5-12(3)16(18)17(22)20(6-2)11-15(21)19-13-8-7-9-14(10-13)23-4/h7-10,12,16H,5-6,11,18H2,1-4H3,(H,19,21). The van der Waals surface area contributed by atoms with Crippen LogP contribution in [0, 0.1) is 5.92 Å². The van der Waals surface area contributed by atoms with E-state index in [9.17, 15) is 9.59 Å². The lowest BCUT2D eigenvalue weighted by atomic mass is 9.99. The fourth-order valence-electron chi connectivity index (χ4n) is 2.13. The summed E-state index contributed by atoms with van der Waals surface area (Å²) in [5.41, 5.74) is 6.60. The van der Waals surface area contributed by atoms with E-state index < -0.39 is 6.04 Å². The molecule has 0 fully saturated rings. The van der Waals surface area contributed by atoms with Gasteiger partial charge in [0.15, 0.2) is 0 Å². The van der Waals surface area contributed by atoms with Gasteiger partial charge in [0.1, 0.15) is 5.75 Å². The third-order valence-electron chi connectivity index (χ3n) is 3.92. The van der Waals surface area contributed by atoms with Gasteiger partial charge in [-0.15, -0.1) is 0 Å². The number of hydrogen-bond acceptors (Lipinski definition) is 4. The number of amides is 2. The van der Waals surface area contributed by atoms with Gasteiger partial charge >= 0.3 is 0 Å². The molecule has 0 saturated heterocycles. The van der Waals surface area contributed by atoms with Crippen molar-refractivity contribution in [2.24, 2.45) is 11.7 Å². The molecular weight excluding hydrogens is 294 g/mol. The third kappa shape index (κ3) is 5.56. The minimum atomic E-state index is -0.579. The van der Waals surface area contributed by atoms with E-state index in [-0.39, 0.29) is 24.3 Å². The molecule has 0 saturated carbocycles. The van der Waals surface area contributed by atoms with Gasteiger partial charge in [-0.3, -0.25) is 9.59 Å². The zero-order valence-corrected chi connectivity index (χ0v) is 14.3. The molecule has 6 heteroatoms. The van der Waals surface area contributed by atoms with Crippen molar-refractivity contribution in [2.45, 2.75) is 33.2 Å². The maximum atomic E-state index is 12.4. The lowest BCUT2D eigenvalue weighted by Gasteiger charge is -2.26. The van der Waals surface area contributed by atoms with Gasteiger partial charge in [-0.1, -0.05) is 26.3 Å². The highest BCUT2D eigenvalue weighted by Gasteiger charge is 2.25. The molecule has 3 N–H and O–H groups in total. The maximum Gasteiger partial charge on any atom is 0.243 e. The molecule has 6 nitrogen and oxygen atoms in total. The Morgan fingerprint density at radius 1 is 1.35 bits per heavy atom. The Labute approximate surface area is 138 Å². The van der Waals surface area contributed by atoms with Crippen LogP contribution in [0.2, 0.25) is 0 Å². The Morgan fingerprint density at radius 3 is 2.61 bits per heavy atom. The molecule has 128 valence electrons. The molecule has 0 aliphatic rings. The molecule has 0 aromatic heterocycles. The second-order valence-corrected chi connectivity index (χ2v) is 5.54. The van der Waals surface area contributed by atoms with Gasteiger partial charge in [0.25, 0.3) is 0 Å².